The summed E-state index contributed by atoms with van der Waals surface area (Å²) in [7, 11) is 0. The Hall–Kier alpha value is -1.02. The van der Waals surface area contributed by atoms with Crippen LogP contribution in [-0.2, 0) is 6.42 Å². The first-order valence-corrected chi connectivity index (χ1v) is 7.78. The normalized spacial score (nSPS) is 34.2. The molecule has 0 aliphatic heterocycles. The highest BCUT2D eigenvalue weighted by Crippen LogP contribution is 2.36. The summed E-state index contributed by atoms with van der Waals surface area (Å²) in [4.78, 5) is 0. The average molecular weight is 258 g/mol. The van der Waals surface area contributed by atoms with Crippen molar-refractivity contribution in [3.8, 4) is 0 Å². The summed E-state index contributed by atoms with van der Waals surface area (Å²) >= 11 is 0. The number of aryl methyl sites for hydroxylation is 1. The summed E-state index contributed by atoms with van der Waals surface area (Å²) < 4.78 is 0. The Kier molecular flexibility index (Phi) is 3.53. The molecule has 2 aliphatic carbocycles. The van der Waals surface area contributed by atoms with Gasteiger partial charge >= 0.3 is 0 Å². The minimum atomic E-state index is 0.552. The maximum Gasteiger partial charge on any atom is 0.0328 e. The molecule has 3 rings (SSSR count). The number of nitrogen functional groups attached to an aromatic ring is 1. The van der Waals surface area contributed by atoms with E-state index in [1.165, 1.54) is 43.2 Å². The van der Waals surface area contributed by atoms with Crippen LogP contribution in [0.25, 0.3) is 0 Å². The summed E-state index contributed by atoms with van der Waals surface area (Å²) in [6.45, 7) is 4.80. The van der Waals surface area contributed by atoms with E-state index in [4.69, 9.17) is 5.73 Å². The zero-order chi connectivity index (χ0) is 13.4. The summed E-state index contributed by atoms with van der Waals surface area (Å²) in [5.74, 6) is 1.71. The number of benzene rings is 1. The van der Waals surface area contributed by atoms with Gasteiger partial charge in [0, 0.05) is 17.8 Å². The first kappa shape index (κ1) is 13.0. The zero-order valence-corrected chi connectivity index (χ0v) is 12.2. The monoisotopic (exact) mass is 258 g/mol. The average Bonchev–Trinajstić information content (AvgIpc) is 2.75. The first-order chi connectivity index (χ1) is 9.13. The molecule has 104 valence electrons. The van der Waals surface area contributed by atoms with Gasteiger partial charge < -0.3 is 11.1 Å². The molecule has 1 aromatic rings. The van der Waals surface area contributed by atoms with E-state index in [-0.39, 0.29) is 0 Å². The fourth-order valence-corrected chi connectivity index (χ4v) is 3.98. The molecular weight excluding hydrogens is 232 g/mol. The van der Waals surface area contributed by atoms with E-state index >= 15 is 0 Å². The van der Waals surface area contributed by atoms with Crippen LogP contribution in [0.1, 0.15) is 56.7 Å². The van der Waals surface area contributed by atoms with Gasteiger partial charge in [0.15, 0.2) is 0 Å². The molecule has 1 saturated carbocycles. The standard InChI is InChI=1S/C17H26N2/c1-11-3-7-16(12(2)9-11)19-17-8-4-13-10-14(18)5-6-15(13)17/h5-6,10-12,16-17,19H,3-4,7-9,18H2,1-2H3. The Labute approximate surface area is 116 Å². The third-order valence-electron chi connectivity index (χ3n) is 5.09. The third kappa shape index (κ3) is 2.64. The highest BCUT2D eigenvalue weighted by Gasteiger charge is 2.30. The highest BCUT2D eigenvalue weighted by atomic mass is 15.0. The van der Waals surface area contributed by atoms with Gasteiger partial charge in [-0.15, -0.1) is 0 Å². The summed E-state index contributed by atoms with van der Waals surface area (Å²) in [5, 5.41) is 3.92. The van der Waals surface area contributed by atoms with Gasteiger partial charge in [-0.1, -0.05) is 19.9 Å². The molecular formula is C17H26N2. The van der Waals surface area contributed by atoms with Gasteiger partial charge in [-0.25, -0.2) is 0 Å². The topological polar surface area (TPSA) is 38.0 Å². The lowest BCUT2D eigenvalue weighted by Crippen LogP contribution is -2.40. The smallest absolute Gasteiger partial charge is 0.0328 e. The van der Waals surface area contributed by atoms with E-state index in [1.807, 2.05) is 6.07 Å². The SMILES string of the molecule is CC1CCC(NC2CCc3cc(N)ccc32)C(C)C1. The molecule has 0 bridgehead atoms. The van der Waals surface area contributed by atoms with E-state index in [0.717, 1.165) is 17.5 Å². The summed E-state index contributed by atoms with van der Waals surface area (Å²) in [6.07, 6.45) is 6.50. The molecule has 3 N–H and O–H groups in total. The second-order valence-electron chi connectivity index (χ2n) is 6.72. The minimum Gasteiger partial charge on any atom is -0.399 e. The van der Waals surface area contributed by atoms with Crippen LogP contribution in [0.2, 0.25) is 0 Å². The van der Waals surface area contributed by atoms with Crippen molar-refractivity contribution in [2.45, 2.75) is 58.0 Å². The maximum atomic E-state index is 5.88. The summed E-state index contributed by atoms with van der Waals surface area (Å²) in [5.41, 5.74) is 9.72. The number of rotatable bonds is 2. The van der Waals surface area contributed by atoms with Crippen molar-refractivity contribution < 1.29 is 0 Å². The minimum absolute atomic E-state index is 0.552. The zero-order valence-electron chi connectivity index (χ0n) is 12.2. The van der Waals surface area contributed by atoms with E-state index in [0.29, 0.717) is 12.1 Å². The number of nitrogens with one attached hydrogen (secondary N) is 1. The fourth-order valence-electron chi connectivity index (χ4n) is 3.98. The number of fused-ring (bicyclic) bond motifs is 1. The van der Waals surface area contributed by atoms with Crippen LogP contribution in [0, 0.1) is 11.8 Å². The largest absolute Gasteiger partial charge is 0.399 e. The van der Waals surface area contributed by atoms with E-state index < -0.39 is 0 Å². The Morgan fingerprint density at radius 2 is 2.00 bits per heavy atom. The van der Waals surface area contributed by atoms with Crippen LogP contribution in [0.4, 0.5) is 5.69 Å². The molecule has 2 aliphatic rings. The Morgan fingerprint density at radius 3 is 2.79 bits per heavy atom. The lowest BCUT2D eigenvalue weighted by molar-refractivity contribution is 0.213. The lowest BCUT2D eigenvalue weighted by atomic mass is 9.79. The molecule has 0 aromatic heterocycles. The van der Waals surface area contributed by atoms with E-state index in [9.17, 15) is 0 Å². The predicted molar refractivity (Wildman–Crippen MR) is 81.0 cm³/mol. The van der Waals surface area contributed by atoms with Crippen molar-refractivity contribution in [1.82, 2.24) is 5.32 Å². The second-order valence-corrected chi connectivity index (χ2v) is 6.72. The Balaban J connectivity index is 1.69. The van der Waals surface area contributed by atoms with Crippen molar-refractivity contribution in [1.29, 1.82) is 0 Å². The van der Waals surface area contributed by atoms with Gasteiger partial charge in [0.25, 0.3) is 0 Å². The molecule has 0 heterocycles. The lowest BCUT2D eigenvalue weighted by Gasteiger charge is -2.35. The van der Waals surface area contributed by atoms with Crippen LogP contribution < -0.4 is 11.1 Å². The van der Waals surface area contributed by atoms with Gasteiger partial charge in [-0.2, -0.15) is 0 Å². The maximum absolute atomic E-state index is 5.88. The Bertz CT molecular complexity index is 455. The molecule has 0 amide bonds. The van der Waals surface area contributed by atoms with Crippen molar-refractivity contribution in [2.75, 3.05) is 5.73 Å². The van der Waals surface area contributed by atoms with Crippen LogP contribution in [0.5, 0.6) is 0 Å². The second kappa shape index (κ2) is 5.16. The van der Waals surface area contributed by atoms with Crippen molar-refractivity contribution >= 4 is 5.69 Å². The summed E-state index contributed by atoms with van der Waals surface area (Å²) in [6, 6.07) is 7.68. The van der Waals surface area contributed by atoms with E-state index in [2.05, 4.69) is 31.3 Å². The molecule has 2 nitrogen and oxygen atoms in total. The van der Waals surface area contributed by atoms with Gasteiger partial charge in [-0.05, 0) is 67.2 Å². The molecule has 19 heavy (non-hydrogen) atoms. The molecule has 0 saturated heterocycles. The van der Waals surface area contributed by atoms with E-state index in [1.54, 1.807) is 0 Å². The quantitative estimate of drug-likeness (QED) is 0.794. The van der Waals surface area contributed by atoms with Crippen molar-refractivity contribution in [2.24, 2.45) is 11.8 Å². The predicted octanol–water partition coefficient (Wildman–Crippen LogP) is 3.67. The molecule has 1 fully saturated rings. The van der Waals surface area contributed by atoms with Gasteiger partial charge in [-0.3, -0.25) is 0 Å². The molecule has 4 unspecified atom stereocenters. The number of anilines is 1. The third-order valence-corrected chi connectivity index (χ3v) is 5.09. The number of nitrogens with two attached hydrogens (primary N) is 1. The molecule has 2 heteroatoms. The van der Waals surface area contributed by atoms with Gasteiger partial charge in [0.2, 0.25) is 0 Å². The number of hydrogen-bond donors (Lipinski definition) is 2. The van der Waals surface area contributed by atoms with Gasteiger partial charge in [0.1, 0.15) is 0 Å². The van der Waals surface area contributed by atoms with Crippen LogP contribution in [-0.4, -0.2) is 6.04 Å². The highest BCUT2D eigenvalue weighted by molar-refractivity contribution is 5.47. The molecule has 0 radical (unpaired) electrons. The van der Waals surface area contributed by atoms with Crippen LogP contribution in [0.15, 0.2) is 18.2 Å². The molecule has 1 aromatic carbocycles. The van der Waals surface area contributed by atoms with Crippen molar-refractivity contribution in [3.05, 3.63) is 29.3 Å². The van der Waals surface area contributed by atoms with Gasteiger partial charge in [0.05, 0.1) is 0 Å². The first-order valence-electron chi connectivity index (χ1n) is 7.78. The fraction of sp³-hybridized carbons (Fsp3) is 0.647. The molecule has 0 spiro atoms. The number of hydrogen-bond acceptors (Lipinski definition) is 2. The van der Waals surface area contributed by atoms with Crippen LogP contribution in [0.3, 0.4) is 0 Å². The Morgan fingerprint density at radius 1 is 1.16 bits per heavy atom. The van der Waals surface area contributed by atoms with Crippen molar-refractivity contribution in [3.63, 3.8) is 0 Å². The van der Waals surface area contributed by atoms with Crippen LogP contribution >= 0.6 is 0 Å². The molecule has 4 atom stereocenters.